The molecule has 2 rings (SSSR count). The molecule has 1 aromatic rings. The molecule has 1 nitrogen and oxygen atoms in total. The quantitative estimate of drug-likeness (QED) is 0.735. The zero-order valence-corrected chi connectivity index (χ0v) is 12.0. The zero-order chi connectivity index (χ0) is 14.8. The molecule has 20 heavy (non-hydrogen) atoms. The first-order valence-electron chi connectivity index (χ1n) is 6.83. The molecule has 1 saturated heterocycles. The molecule has 0 amide bonds. The zero-order valence-electron chi connectivity index (χ0n) is 11.3. The molecule has 0 radical (unpaired) electrons. The summed E-state index contributed by atoms with van der Waals surface area (Å²) in [5.74, 6) is 0.281. The second-order valence-corrected chi connectivity index (χ2v) is 5.75. The smallest absolute Gasteiger partial charge is 0.378 e. The van der Waals surface area contributed by atoms with E-state index >= 15 is 0 Å². The standard InChI is InChI=1S/C15H18ClF3O/c1-2-14-12(7-8-20-14)13(16)9-10-3-5-11(6-4-10)15(17,18)19/h3-6,12-14H,2,7-9H2,1H3. The highest BCUT2D eigenvalue weighted by atomic mass is 35.5. The highest BCUT2D eigenvalue weighted by molar-refractivity contribution is 6.21. The summed E-state index contributed by atoms with van der Waals surface area (Å²) in [6.45, 7) is 2.78. The van der Waals surface area contributed by atoms with E-state index in [1.807, 2.05) is 0 Å². The summed E-state index contributed by atoms with van der Waals surface area (Å²) in [7, 11) is 0. The lowest BCUT2D eigenvalue weighted by molar-refractivity contribution is -0.137. The molecule has 3 unspecified atom stereocenters. The van der Waals surface area contributed by atoms with Crippen molar-refractivity contribution in [2.24, 2.45) is 5.92 Å². The Morgan fingerprint density at radius 1 is 1.30 bits per heavy atom. The molecule has 112 valence electrons. The van der Waals surface area contributed by atoms with Gasteiger partial charge in [-0.1, -0.05) is 19.1 Å². The van der Waals surface area contributed by atoms with Gasteiger partial charge in [0.05, 0.1) is 11.7 Å². The van der Waals surface area contributed by atoms with Gasteiger partial charge in [-0.25, -0.2) is 0 Å². The van der Waals surface area contributed by atoms with Crippen molar-refractivity contribution in [2.45, 2.75) is 43.8 Å². The summed E-state index contributed by atoms with van der Waals surface area (Å²) < 4.78 is 43.1. The van der Waals surface area contributed by atoms with Crippen LogP contribution < -0.4 is 0 Å². The van der Waals surface area contributed by atoms with Crippen LogP contribution >= 0.6 is 11.6 Å². The maximum atomic E-state index is 12.5. The van der Waals surface area contributed by atoms with Gasteiger partial charge in [0.2, 0.25) is 0 Å². The SMILES string of the molecule is CCC1OCCC1C(Cl)Cc1ccc(C(F)(F)F)cc1. The Labute approximate surface area is 122 Å². The molecule has 0 aliphatic carbocycles. The lowest BCUT2D eigenvalue weighted by Gasteiger charge is -2.22. The van der Waals surface area contributed by atoms with E-state index in [2.05, 4.69) is 6.92 Å². The fourth-order valence-electron chi connectivity index (χ4n) is 2.71. The van der Waals surface area contributed by atoms with E-state index in [4.69, 9.17) is 16.3 Å². The van der Waals surface area contributed by atoms with Gasteiger partial charge in [-0.2, -0.15) is 13.2 Å². The third kappa shape index (κ3) is 3.67. The third-order valence-electron chi connectivity index (χ3n) is 3.84. The van der Waals surface area contributed by atoms with Gasteiger partial charge in [0, 0.05) is 17.9 Å². The molecule has 5 heteroatoms. The second kappa shape index (κ2) is 6.35. The predicted octanol–water partition coefficient (Wildman–Crippen LogP) is 4.67. The lowest BCUT2D eigenvalue weighted by Crippen LogP contribution is -2.25. The molecule has 0 N–H and O–H groups in total. The number of rotatable bonds is 4. The van der Waals surface area contributed by atoms with Crippen LogP contribution in [0.2, 0.25) is 0 Å². The van der Waals surface area contributed by atoms with Crippen LogP contribution in [-0.2, 0) is 17.3 Å². The minimum absolute atomic E-state index is 0.0980. The Morgan fingerprint density at radius 2 is 1.95 bits per heavy atom. The monoisotopic (exact) mass is 306 g/mol. The van der Waals surface area contributed by atoms with Crippen LogP contribution in [-0.4, -0.2) is 18.1 Å². The maximum Gasteiger partial charge on any atom is 0.416 e. The van der Waals surface area contributed by atoms with Crippen molar-refractivity contribution in [3.05, 3.63) is 35.4 Å². The van der Waals surface area contributed by atoms with Crippen LogP contribution in [0.3, 0.4) is 0 Å². The molecule has 1 fully saturated rings. The van der Waals surface area contributed by atoms with E-state index in [9.17, 15) is 13.2 Å². The summed E-state index contributed by atoms with van der Waals surface area (Å²) in [6.07, 6.45) is -1.70. The van der Waals surface area contributed by atoms with Crippen molar-refractivity contribution >= 4 is 11.6 Å². The van der Waals surface area contributed by atoms with Crippen molar-refractivity contribution in [1.29, 1.82) is 0 Å². The first-order chi connectivity index (χ1) is 9.41. The highest BCUT2D eigenvalue weighted by Gasteiger charge is 2.33. The van der Waals surface area contributed by atoms with E-state index in [1.54, 1.807) is 0 Å². The van der Waals surface area contributed by atoms with Crippen molar-refractivity contribution in [1.82, 2.24) is 0 Å². The average Bonchev–Trinajstić information content (AvgIpc) is 2.86. The fraction of sp³-hybridized carbons (Fsp3) is 0.600. The van der Waals surface area contributed by atoms with Crippen molar-refractivity contribution in [3.63, 3.8) is 0 Å². The Hall–Kier alpha value is -0.740. The van der Waals surface area contributed by atoms with Crippen molar-refractivity contribution in [3.8, 4) is 0 Å². The molecule has 1 aliphatic heterocycles. The van der Waals surface area contributed by atoms with Gasteiger partial charge in [0.1, 0.15) is 0 Å². The van der Waals surface area contributed by atoms with Gasteiger partial charge in [-0.3, -0.25) is 0 Å². The first-order valence-corrected chi connectivity index (χ1v) is 7.27. The predicted molar refractivity (Wildman–Crippen MR) is 72.9 cm³/mol. The van der Waals surface area contributed by atoms with E-state index < -0.39 is 11.7 Å². The molecule has 1 aliphatic rings. The molecule has 1 aromatic carbocycles. The number of hydrogen-bond acceptors (Lipinski definition) is 1. The van der Waals surface area contributed by atoms with Gasteiger partial charge in [0.25, 0.3) is 0 Å². The topological polar surface area (TPSA) is 9.23 Å². The number of halogens is 4. The van der Waals surface area contributed by atoms with Crippen LogP contribution in [0.4, 0.5) is 13.2 Å². The largest absolute Gasteiger partial charge is 0.416 e. The summed E-state index contributed by atoms with van der Waals surface area (Å²) >= 11 is 6.42. The van der Waals surface area contributed by atoms with Crippen LogP contribution in [0.25, 0.3) is 0 Å². The highest BCUT2D eigenvalue weighted by Crippen LogP contribution is 2.32. The first kappa shape index (κ1) is 15.6. The van der Waals surface area contributed by atoms with Gasteiger partial charge < -0.3 is 4.74 Å². The minimum Gasteiger partial charge on any atom is -0.378 e. The molecule has 0 saturated carbocycles. The van der Waals surface area contributed by atoms with E-state index in [-0.39, 0.29) is 17.4 Å². The summed E-state index contributed by atoms with van der Waals surface area (Å²) in [6, 6.07) is 5.24. The van der Waals surface area contributed by atoms with E-state index in [0.717, 1.165) is 37.1 Å². The number of benzene rings is 1. The number of alkyl halides is 4. The van der Waals surface area contributed by atoms with Crippen LogP contribution in [0.5, 0.6) is 0 Å². The lowest BCUT2D eigenvalue weighted by atomic mass is 9.91. The number of hydrogen-bond donors (Lipinski definition) is 0. The Morgan fingerprint density at radius 3 is 2.50 bits per heavy atom. The molecule has 0 bridgehead atoms. The summed E-state index contributed by atoms with van der Waals surface area (Å²) in [4.78, 5) is 0. The molecule has 0 spiro atoms. The fourth-order valence-corrected chi connectivity index (χ4v) is 3.17. The average molecular weight is 307 g/mol. The van der Waals surface area contributed by atoms with Crippen LogP contribution in [0.15, 0.2) is 24.3 Å². The number of ether oxygens (including phenoxy) is 1. The summed E-state index contributed by atoms with van der Waals surface area (Å²) in [5.41, 5.74) is 0.211. The van der Waals surface area contributed by atoms with Crippen LogP contribution in [0, 0.1) is 5.92 Å². The molecular weight excluding hydrogens is 289 g/mol. The van der Waals surface area contributed by atoms with Crippen molar-refractivity contribution < 1.29 is 17.9 Å². The molecular formula is C15H18ClF3O. The van der Waals surface area contributed by atoms with E-state index in [1.165, 1.54) is 12.1 Å². The molecule has 1 heterocycles. The molecule has 3 atom stereocenters. The molecule has 0 aromatic heterocycles. The summed E-state index contributed by atoms with van der Waals surface area (Å²) in [5, 5.41) is -0.0980. The second-order valence-electron chi connectivity index (χ2n) is 5.18. The maximum absolute atomic E-state index is 12.5. The normalized spacial score (nSPS) is 24.9. The Bertz CT molecular complexity index is 430. The van der Waals surface area contributed by atoms with Gasteiger partial charge in [0.15, 0.2) is 0 Å². The Kier molecular flexibility index (Phi) is 4.97. The van der Waals surface area contributed by atoms with Crippen LogP contribution in [0.1, 0.15) is 30.9 Å². The Balaban J connectivity index is 1.99. The third-order valence-corrected chi connectivity index (χ3v) is 4.32. The van der Waals surface area contributed by atoms with Gasteiger partial charge in [-0.15, -0.1) is 11.6 Å². The van der Waals surface area contributed by atoms with Gasteiger partial charge >= 0.3 is 6.18 Å². The minimum atomic E-state index is -4.29. The van der Waals surface area contributed by atoms with Crippen molar-refractivity contribution in [2.75, 3.05) is 6.61 Å². The van der Waals surface area contributed by atoms with Gasteiger partial charge in [-0.05, 0) is 37.0 Å². The van der Waals surface area contributed by atoms with E-state index in [0.29, 0.717) is 6.42 Å².